The number of aryl methyl sites for hydroxylation is 1. The first-order valence-electron chi connectivity index (χ1n) is 17.9. The molecule has 1 saturated heterocycles. The Labute approximate surface area is 319 Å². The summed E-state index contributed by atoms with van der Waals surface area (Å²) in [5.74, 6) is 0.786. The van der Waals surface area contributed by atoms with Gasteiger partial charge < -0.3 is 14.2 Å². The molecule has 2 atom stereocenters. The van der Waals surface area contributed by atoms with Crippen molar-refractivity contribution < 1.29 is 37.1 Å². The van der Waals surface area contributed by atoms with E-state index >= 15 is 0 Å². The number of halogens is 1. The summed E-state index contributed by atoms with van der Waals surface area (Å²) in [6, 6.07) is 24.0. The van der Waals surface area contributed by atoms with Gasteiger partial charge in [-0.3, -0.25) is 18.5 Å². The van der Waals surface area contributed by atoms with Gasteiger partial charge in [-0.15, -0.1) is 0 Å². The molecule has 3 aromatic carbocycles. The highest BCUT2D eigenvalue weighted by atomic mass is 35.5. The van der Waals surface area contributed by atoms with Crippen LogP contribution < -0.4 is 4.74 Å². The minimum atomic E-state index is -4.05. The maximum absolute atomic E-state index is 14.0. The lowest BCUT2D eigenvalue weighted by molar-refractivity contribution is -0.0754. The zero-order valence-corrected chi connectivity index (χ0v) is 34.5. The Morgan fingerprint density at radius 3 is 2.33 bits per heavy atom. The third-order valence-corrected chi connectivity index (χ3v) is 11.5. The third kappa shape index (κ3) is 12.0. The molecule has 9 nitrogen and oxygen atoms in total. The molecule has 1 amide bonds. The normalized spacial score (nSPS) is 18.6. The summed E-state index contributed by atoms with van der Waals surface area (Å²) >= 11 is 8.51. The van der Waals surface area contributed by atoms with Gasteiger partial charge >= 0.3 is 13.9 Å². The van der Waals surface area contributed by atoms with Crippen LogP contribution in [-0.4, -0.2) is 53.3 Å². The fourth-order valence-electron chi connectivity index (χ4n) is 6.16. The highest BCUT2D eigenvalue weighted by molar-refractivity contribution is 7.99. The zero-order valence-electron chi connectivity index (χ0n) is 32.0. The molecule has 3 aromatic rings. The lowest BCUT2D eigenvalue weighted by atomic mass is 9.91. The van der Waals surface area contributed by atoms with Crippen molar-refractivity contribution in [3.8, 4) is 5.75 Å². The average Bonchev–Trinajstić information content (AvgIpc) is 3.32. The van der Waals surface area contributed by atoms with E-state index in [1.54, 1.807) is 23.6 Å². The molecule has 0 aliphatic carbocycles. The van der Waals surface area contributed by atoms with Crippen molar-refractivity contribution in [1.29, 1.82) is 0 Å². The largest absolute Gasteiger partial charge is 0.489 e. The summed E-state index contributed by atoms with van der Waals surface area (Å²) in [5.41, 5.74) is -1.67. The molecule has 1 heterocycles. The number of benzene rings is 3. The van der Waals surface area contributed by atoms with Crippen molar-refractivity contribution in [2.45, 2.75) is 127 Å². The van der Waals surface area contributed by atoms with Crippen molar-refractivity contribution in [3.05, 3.63) is 88.9 Å². The summed E-state index contributed by atoms with van der Waals surface area (Å²) in [6.07, 6.45) is 1.75. The summed E-state index contributed by atoms with van der Waals surface area (Å²) in [5, 5.41) is 0.587. The van der Waals surface area contributed by atoms with Crippen molar-refractivity contribution >= 4 is 37.3 Å². The van der Waals surface area contributed by atoms with E-state index < -0.39 is 36.4 Å². The Kier molecular flexibility index (Phi) is 14.4. The molecule has 286 valence electrons. The summed E-state index contributed by atoms with van der Waals surface area (Å²) in [6.45, 7) is 17.1. The number of amides is 1. The minimum absolute atomic E-state index is 0.109. The number of hydrogen-bond acceptors (Lipinski definition) is 9. The second kappa shape index (κ2) is 17.7. The molecule has 1 fully saturated rings. The molecular weight excluding hydrogens is 721 g/mol. The smallest absolute Gasteiger partial charge is 0.475 e. The van der Waals surface area contributed by atoms with Crippen molar-refractivity contribution in [2.24, 2.45) is 0 Å². The number of phosphoric acid groups is 1. The van der Waals surface area contributed by atoms with Crippen LogP contribution in [0, 0.1) is 0 Å². The minimum Gasteiger partial charge on any atom is -0.489 e. The molecule has 1 aliphatic heterocycles. The van der Waals surface area contributed by atoms with Crippen LogP contribution in [0.5, 0.6) is 5.75 Å². The molecule has 52 heavy (non-hydrogen) atoms. The topological polar surface area (TPSA) is 92.8 Å². The van der Waals surface area contributed by atoms with E-state index in [2.05, 4.69) is 0 Å². The number of ether oxygens (including phenoxy) is 3. The van der Waals surface area contributed by atoms with Gasteiger partial charge in [0, 0.05) is 14.8 Å². The molecule has 1 aliphatic rings. The third-order valence-electron chi connectivity index (χ3n) is 8.45. The fourth-order valence-corrected chi connectivity index (χ4v) is 9.00. The standard InChI is InChI=1S/C40H55ClNO8PS/c1-10-23-38(6,7)50-51(44,47-11-2)48-29-40(28-46-39(8,9)42(40)36(43)49-37(3,4)5)24-22-31-20-21-34(26-35(31)41)52-33-19-15-18-32(25-33)45-27-30-16-13-12-14-17-30/h12-21,25-26H,10-11,22-24,27-29H2,1-9H3/t40?,51-/m1/s1. The van der Waals surface area contributed by atoms with E-state index in [-0.39, 0.29) is 19.8 Å². The van der Waals surface area contributed by atoms with Crippen molar-refractivity contribution in [2.75, 3.05) is 19.8 Å². The predicted molar refractivity (Wildman–Crippen MR) is 207 cm³/mol. The molecule has 0 aromatic heterocycles. The number of phosphoric ester groups is 1. The Morgan fingerprint density at radius 2 is 1.67 bits per heavy atom. The second-order valence-corrected chi connectivity index (χ2v) is 18.3. The Balaban J connectivity index is 1.55. The van der Waals surface area contributed by atoms with Gasteiger partial charge in [-0.05, 0) is 116 Å². The number of nitrogens with zero attached hydrogens (tertiary/aromatic N) is 1. The van der Waals surface area contributed by atoms with E-state index in [1.807, 2.05) is 128 Å². The van der Waals surface area contributed by atoms with Crippen LogP contribution in [0.1, 0.15) is 92.7 Å². The van der Waals surface area contributed by atoms with Gasteiger partial charge in [-0.1, -0.05) is 79.2 Å². The first kappa shape index (κ1) is 42.2. The van der Waals surface area contributed by atoms with Gasteiger partial charge in [-0.2, -0.15) is 0 Å². The number of rotatable bonds is 17. The van der Waals surface area contributed by atoms with Gasteiger partial charge in [0.2, 0.25) is 0 Å². The van der Waals surface area contributed by atoms with Gasteiger partial charge in [0.05, 0.1) is 31.0 Å². The van der Waals surface area contributed by atoms with E-state index in [9.17, 15) is 9.36 Å². The summed E-state index contributed by atoms with van der Waals surface area (Å²) in [7, 11) is -4.05. The summed E-state index contributed by atoms with van der Waals surface area (Å²) < 4.78 is 50.0. The van der Waals surface area contributed by atoms with Gasteiger partial charge in [0.15, 0.2) is 0 Å². The van der Waals surface area contributed by atoms with E-state index in [0.717, 1.165) is 33.1 Å². The number of carbonyl (C=O) groups excluding carboxylic acids is 1. The van der Waals surface area contributed by atoms with Gasteiger partial charge in [0.1, 0.15) is 23.7 Å². The maximum Gasteiger partial charge on any atom is 0.475 e. The second-order valence-electron chi connectivity index (χ2n) is 15.1. The van der Waals surface area contributed by atoms with Crippen LogP contribution in [0.15, 0.2) is 82.6 Å². The van der Waals surface area contributed by atoms with Crippen LogP contribution in [-0.2, 0) is 40.6 Å². The molecule has 4 rings (SSSR count). The van der Waals surface area contributed by atoms with Crippen LogP contribution >= 0.6 is 31.2 Å². The van der Waals surface area contributed by atoms with Crippen molar-refractivity contribution in [1.82, 2.24) is 4.90 Å². The molecule has 0 bridgehead atoms. The molecular formula is C40H55ClNO8PS. The predicted octanol–water partition coefficient (Wildman–Crippen LogP) is 11.5. The van der Waals surface area contributed by atoms with Gasteiger partial charge in [-0.25, -0.2) is 9.36 Å². The maximum atomic E-state index is 14.0. The first-order chi connectivity index (χ1) is 24.4. The summed E-state index contributed by atoms with van der Waals surface area (Å²) in [4.78, 5) is 17.5. The number of hydrogen-bond donors (Lipinski definition) is 0. The molecule has 12 heteroatoms. The Morgan fingerprint density at radius 1 is 0.962 bits per heavy atom. The van der Waals surface area contributed by atoms with E-state index in [1.165, 1.54) is 0 Å². The number of carbonyl (C=O) groups is 1. The Hall–Kier alpha value is -2.56. The van der Waals surface area contributed by atoms with Gasteiger partial charge in [0.25, 0.3) is 0 Å². The van der Waals surface area contributed by atoms with Crippen LogP contribution in [0.3, 0.4) is 0 Å². The molecule has 0 radical (unpaired) electrons. The van der Waals surface area contributed by atoms with Crippen LogP contribution in [0.2, 0.25) is 5.02 Å². The van der Waals surface area contributed by atoms with Crippen molar-refractivity contribution in [3.63, 3.8) is 0 Å². The van der Waals surface area contributed by atoms with Crippen LogP contribution in [0.4, 0.5) is 4.79 Å². The zero-order chi connectivity index (χ0) is 38.2. The first-order valence-corrected chi connectivity index (χ1v) is 20.5. The monoisotopic (exact) mass is 775 g/mol. The lowest BCUT2D eigenvalue weighted by Gasteiger charge is -2.42. The Bertz CT molecular complexity index is 1680. The lowest BCUT2D eigenvalue weighted by Crippen LogP contribution is -2.59. The van der Waals surface area contributed by atoms with E-state index in [4.69, 9.17) is 39.4 Å². The molecule has 0 N–H and O–H groups in total. The average molecular weight is 776 g/mol. The van der Waals surface area contributed by atoms with Crippen LogP contribution in [0.25, 0.3) is 0 Å². The van der Waals surface area contributed by atoms with E-state index in [0.29, 0.717) is 30.9 Å². The molecule has 0 saturated carbocycles. The molecule has 1 unspecified atom stereocenters. The quantitative estimate of drug-likeness (QED) is 0.124. The highest BCUT2D eigenvalue weighted by Crippen LogP contribution is 2.55. The molecule has 0 spiro atoms. The SMILES string of the molecule is CCCC(C)(C)O[P@](=O)(OCC)OCC1(CCc2ccc(Sc3cccc(OCc4ccccc4)c3)cc2Cl)COC(C)(C)N1C(=O)OC(C)(C)C. The fraction of sp³-hybridized carbons (Fsp3) is 0.525. The highest BCUT2D eigenvalue weighted by Gasteiger charge is 2.56.